The Hall–Kier alpha value is -3.43. The van der Waals surface area contributed by atoms with Gasteiger partial charge >= 0.3 is 0 Å². The lowest BCUT2D eigenvalue weighted by atomic mass is 9.94. The largest absolute Gasteiger partial charge is 0.366 e. The first-order valence-corrected chi connectivity index (χ1v) is 13.3. The lowest BCUT2D eigenvalue weighted by molar-refractivity contribution is -0.133. The molecule has 5 rings (SSSR count). The minimum atomic E-state index is -1.08. The number of para-hydroxylation sites is 1. The van der Waals surface area contributed by atoms with Crippen LogP contribution in [0.1, 0.15) is 66.9 Å². The number of nitrogens with zero attached hydrogens (tertiary/aromatic N) is 5. The van der Waals surface area contributed by atoms with E-state index < -0.39 is 5.54 Å². The highest BCUT2D eigenvalue weighted by Crippen LogP contribution is 2.29. The van der Waals surface area contributed by atoms with Crippen molar-refractivity contribution in [3.8, 4) is 0 Å². The van der Waals surface area contributed by atoms with Gasteiger partial charge in [0.15, 0.2) is 5.69 Å². The van der Waals surface area contributed by atoms with Gasteiger partial charge in [-0.05, 0) is 38.3 Å². The van der Waals surface area contributed by atoms with Crippen LogP contribution in [0.4, 0.5) is 10.1 Å². The second-order valence-corrected chi connectivity index (χ2v) is 10.5. The van der Waals surface area contributed by atoms with Crippen molar-refractivity contribution in [2.75, 3.05) is 37.6 Å². The van der Waals surface area contributed by atoms with Crippen LogP contribution in [0, 0.1) is 5.82 Å². The molecule has 2 aromatic rings. The molecule has 1 aromatic carbocycles. The Morgan fingerprint density at radius 1 is 1.14 bits per heavy atom. The highest BCUT2D eigenvalue weighted by Gasteiger charge is 2.48. The molecular formula is C27H35FN6O3. The van der Waals surface area contributed by atoms with Gasteiger partial charge in [0.25, 0.3) is 11.8 Å². The Morgan fingerprint density at radius 2 is 1.84 bits per heavy atom. The monoisotopic (exact) mass is 510 g/mol. The number of nitrogens with one attached hydrogen (secondary N) is 1. The summed E-state index contributed by atoms with van der Waals surface area (Å²) in [5, 5.41) is 7.65. The van der Waals surface area contributed by atoms with Crippen molar-refractivity contribution in [3.05, 3.63) is 47.5 Å². The van der Waals surface area contributed by atoms with Crippen molar-refractivity contribution in [3.63, 3.8) is 0 Å². The van der Waals surface area contributed by atoms with Gasteiger partial charge in [0.05, 0.1) is 12.2 Å². The summed E-state index contributed by atoms with van der Waals surface area (Å²) in [5.41, 5.74) is -0.0307. The number of amides is 3. The van der Waals surface area contributed by atoms with Crippen LogP contribution in [-0.4, -0.2) is 81.6 Å². The first-order valence-electron chi connectivity index (χ1n) is 13.3. The fourth-order valence-corrected chi connectivity index (χ4v) is 5.75. The van der Waals surface area contributed by atoms with Gasteiger partial charge in [-0.2, -0.15) is 5.10 Å². The van der Waals surface area contributed by atoms with Gasteiger partial charge < -0.3 is 20.0 Å². The maximum absolute atomic E-state index is 14.2. The molecule has 3 amide bonds. The van der Waals surface area contributed by atoms with E-state index in [0.717, 1.165) is 25.7 Å². The van der Waals surface area contributed by atoms with Crippen molar-refractivity contribution in [2.24, 2.45) is 0 Å². The van der Waals surface area contributed by atoms with Crippen LogP contribution in [0.2, 0.25) is 0 Å². The van der Waals surface area contributed by atoms with Crippen LogP contribution in [0.15, 0.2) is 30.3 Å². The molecule has 0 unspecified atom stereocenters. The Bertz CT molecular complexity index is 1180. The maximum atomic E-state index is 14.2. The molecule has 3 aliphatic rings. The summed E-state index contributed by atoms with van der Waals surface area (Å²) in [5.74, 6) is -0.992. The van der Waals surface area contributed by atoms with Crippen LogP contribution in [-0.2, 0) is 11.3 Å². The molecule has 1 saturated heterocycles. The summed E-state index contributed by atoms with van der Waals surface area (Å²) in [6, 6.07) is 8.32. The number of benzene rings is 1. The average molecular weight is 511 g/mol. The third kappa shape index (κ3) is 4.69. The van der Waals surface area contributed by atoms with Gasteiger partial charge in [0.1, 0.15) is 17.1 Å². The van der Waals surface area contributed by atoms with E-state index in [0.29, 0.717) is 50.5 Å². The molecule has 198 valence electrons. The van der Waals surface area contributed by atoms with Crippen LogP contribution >= 0.6 is 0 Å². The lowest BCUT2D eigenvalue weighted by Crippen LogP contribution is -2.65. The fraction of sp³-hybridized carbons (Fsp3) is 0.556. The molecule has 0 bridgehead atoms. The van der Waals surface area contributed by atoms with E-state index in [4.69, 9.17) is 0 Å². The molecule has 3 heterocycles. The molecule has 9 nitrogen and oxygen atoms in total. The molecule has 1 atom stereocenters. The Morgan fingerprint density at radius 3 is 2.51 bits per heavy atom. The number of piperazine rings is 1. The molecule has 1 saturated carbocycles. The third-order valence-corrected chi connectivity index (χ3v) is 7.90. The van der Waals surface area contributed by atoms with Crippen molar-refractivity contribution in [1.82, 2.24) is 24.9 Å². The van der Waals surface area contributed by atoms with Crippen molar-refractivity contribution in [1.29, 1.82) is 0 Å². The number of aromatic nitrogens is 2. The highest BCUT2D eigenvalue weighted by molar-refractivity contribution is 6.02. The SMILES string of the molecule is CCCN1C(=O)c2cc(C(=O)N3CCN(c4ccccc4F)CC3)nn2C[C@@]1(C)C(=O)NC1CCCC1. The minimum Gasteiger partial charge on any atom is -0.366 e. The molecule has 37 heavy (non-hydrogen) atoms. The Balaban J connectivity index is 1.32. The Kier molecular flexibility index (Phi) is 6.92. The summed E-state index contributed by atoms with van der Waals surface area (Å²) < 4.78 is 15.7. The predicted molar refractivity (Wildman–Crippen MR) is 137 cm³/mol. The maximum Gasteiger partial charge on any atom is 0.274 e. The molecule has 10 heteroatoms. The number of rotatable bonds is 6. The van der Waals surface area contributed by atoms with E-state index in [1.165, 1.54) is 10.7 Å². The van der Waals surface area contributed by atoms with Crippen molar-refractivity contribution < 1.29 is 18.8 Å². The molecule has 1 aromatic heterocycles. The normalized spacial score (nSPS) is 22.4. The zero-order valence-corrected chi connectivity index (χ0v) is 21.6. The summed E-state index contributed by atoms with van der Waals surface area (Å²) in [4.78, 5) is 45.5. The molecule has 1 aliphatic carbocycles. The van der Waals surface area contributed by atoms with Crippen LogP contribution < -0.4 is 10.2 Å². The van der Waals surface area contributed by atoms with E-state index in [2.05, 4.69) is 10.4 Å². The van der Waals surface area contributed by atoms with Gasteiger partial charge in [-0.15, -0.1) is 0 Å². The summed E-state index contributed by atoms with van der Waals surface area (Å²) in [7, 11) is 0. The summed E-state index contributed by atoms with van der Waals surface area (Å²) in [6.07, 6.45) is 4.83. The molecule has 2 aliphatic heterocycles. The van der Waals surface area contributed by atoms with E-state index in [9.17, 15) is 18.8 Å². The zero-order valence-electron chi connectivity index (χ0n) is 21.6. The average Bonchev–Trinajstić information content (AvgIpc) is 3.56. The van der Waals surface area contributed by atoms with Crippen molar-refractivity contribution in [2.45, 2.75) is 64.1 Å². The number of hydrogen-bond donors (Lipinski definition) is 1. The number of anilines is 1. The van der Waals surface area contributed by atoms with E-state index in [-0.39, 0.29) is 41.8 Å². The van der Waals surface area contributed by atoms with Gasteiger partial charge in [0, 0.05) is 44.8 Å². The van der Waals surface area contributed by atoms with Crippen LogP contribution in [0.3, 0.4) is 0 Å². The molecule has 0 radical (unpaired) electrons. The zero-order chi connectivity index (χ0) is 26.2. The van der Waals surface area contributed by atoms with E-state index in [1.54, 1.807) is 41.0 Å². The number of hydrogen-bond acceptors (Lipinski definition) is 5. The van der Waals surface area contributed by atoms with Gasteiger partial charge in [-0.25, -0.2) is 4.39 Å². The number of fused-ring (bicyclic) bond motifs is 1. The smallest absolute Gasteiger partial charge is 0.274 e. The number of carbonyl (C=O) groups excluding carboxylic acids is 3. The second kappa shape index (κ2) is 10.1. The predicted octanol–water partition coefficient (Wildman–Crippen LogP) is 2.67. The first kappa shape index (κ1) is 25.2. The Labute approximate surface area is 216 Å². The lowest BCUT2D eigenvalue weighted by Gasteiger charge is -2.43. The highest BCUT2D eigenvalue weighted by atomic mass is 19.1. The number of halogens is 1. The summed E-state index contributed by atoms with van der Waals surface area (Å²) in [6.45, 7) is 6.26. The molecule has 1 N–H and O–H groups in total. The molecule has 2 fully saturated rings. The quantitative estimate of drug-likeness (QED) is 0.645. The van der Waals surface area contributed by atoms with Gasteiger partial charge in [0.2, 0.25) is 5.91 Å². The van der Waals surface area contributed by atoms with Gasteiger partial charge in [-0.3, -0.25) is 19.1 Å². The van der Waals surface area contributed by atoms with Crippen LogP contribution in [0.25, 0.3) is 0 Å². The molecule has 0 spiro atoms. The molecular weight excluding hydrogens is 475 g/mol. The van der Waals surface area contributed by atoms with Crippen molar-refractivity contribution >= 4 is 23.4 Å². The second-order valence-electron chi connectivity index (χ2n) is 10.5. The topological polar surface area (TPSA) is 90.8 Å². The van der Waals surface area contributed by atoms with Gasteiger partial charge in [-0.1, -0.05) is 31.9 Å². The third-order valence-electron chi connectivity index (χ3n) is 7.90. The summed E-state index contributed by atoms with van der Waals surface area (Å²) >= 11 is 0. The van der Waals surface area contributed by atoms with E-state index >= 15 is 0 Å². The van der Waals surface area contributed by atoms with Crippen LogP contribution in [0.5, 0.6) is 0 Å². The first-order chi connectivity index (χ1) is 17.8. The minimum absolute atomic E-state index is 0.141. The fourth-order valence-electron chi connectivity index (χ4n) is 5.75. The standard InChI is InChI=1S/C27H35FN6O3/c1-3-12-33-25(36)23-17-21(30-34(23)18-27(33,2)26(37)29-19-8-4-5-9-19)24(35)32-15-13-31(14-16-32)22-11-7-6-10-20(22)28/h6-7,10-11,17,19H,3-5,8-9,12-16,18H2,1-2H3,(H,29,37)/t27-/m0/s1. The number of carbonyl (C=O) groups is 3. The van der Waals surface area contributed by atoms with E-state index in [1.807, 2.05) is 11.8 Å².